The first-order chi connectivity index (χ1) is 16.7. The molecule has 8 heteroatoms. The number of nitrogens with one attached hydrogen (secondary N) is 1. The number of hydrogen-bond donors (Lipinski definition) is 1. The van der Waals surface area contributed by atoms with Crippen molar-refractivity contribution in [2.24, 2.45) is 5.92 Å². The van der Waals surface area contributed by atoms with Crippen LogP contribution in [0.1, 0.15) is 63.8 Å². The molecule has 1 aromatic heterocycles. The monoisotopic (exact) mass is 478 g/mol. The van der Waals surface area contributed by atoms with Gasteiger partial charge >= 0.3 is 6.18 Å². The standard InChI is InChI=1S/C27H25F3N4O/c1-17(2)25-24-22(16-34(25)15-20-7-9-23(10-8-20)27(28,29)30)11-21(14-32-24)26(35)33-13-19-5-3-18(12-31)4-6-19/h3-11,14,17,25H,13,15-16H2,1-2H3,(H,33,35)/t25-/m0/s1. The van der Waals surface area contributed by atoms with Gasteiger partial charge in [-0.25, -0.2) is 0 Å². The summed E-state index contributed by atoms with van der Waals surface area (Å²) in [6.07, 6.45) is -2.78. The van der Waals surface area contributed by atoms with E-state index in [1.807, 2.05) is 6.07 Å². The summed E-state index contributed by atoms with van der Waals surface area (Å²) >= 11 is 0. The number of nitriles is 1. The average Bonchev–Trinajstić information content (AvgIpc) is 3.19. The molecule has 0 radical (unpaired) electrons. The van der Waals surface area contributed by atoms with Gasteiger partial charge in [0.25, 0.3) is 5.91 Å². The molecule has 0 spiro atoms. The van der Waals surface area contributed by atoms with Crippen LogP contribution in [0.25, 0.3) is 0 Å². The zero-order chi connectivity index (χ0) is 25.2. The molecular weight excluding hydrogens is 453 g/mol. The van der Waals surface area contributed by atoms with E-state index in [9.17, 15) is 18.0 Å². The smallest absolute Gasteiger partial charge is 0.348 e. The van der Waals surface area contributed by atoms with E-state index < -0.39 is 11.7 Å². The van der Waals surface area contributed by atoms with Crippen molar-refractivity contribution < 1.29 is 18.0 Å². The first kappa shape index (κ1) is 24.4. The van der Waals surface area contributed by atoms with E-state index in [4.69, 9.17) is 5.26 Å². The Morgan fingerprint density at radius 3 is 2.40 bits per heavy atom. The maximum atomic E-state index is 12.9. The molecule has 5 nitrogen and oxygen atoms in total. The van der Waals surface area contributed by atoms with Crippen LogP contribution in [0.5, 0.6) is 0 Å². The second-order valence-electron chi connectivity index (χ2n) is 9.05. The number of hydrogen-bond acceptors (Lipinski definition) is 4. The molecule has 0 saturated carbocycles. The maximum absolute atomic E-state index is 12.9. The van der Waals surface area contributed by atoms with Gasteiger partial charge in [-0.1, -0.05) is 38.1 Å². The van der Waals surface area contributed by atoms with Crippen LogP contribution in [0.15, 0.2) is 60.8 Å². The molecule has 3 aromatic rings. The quantitative estimate of drug-likeness (QED) is 0.500. The van der Waals surface area contributed by atoms with Crippen molar-refractivity contribution in [1.82, 2.24) is 15.2 Å². The van der Waals surface area contributed by atoms with E-state index in [2.05, 4.69) is 35.1 Å². The van der Waals surface area contributed by atoms with Crippen molar-refractivity contribution in [3.05, 3.63) is 99.9 Å². The first-order valence-corrected chi connectivity index (χ1v) is 11.3. The molecule has 1 amide bonds. The van der Waals surface area contributed by atoms with Crippen molar-refractivity contribution in [2.75, 3.05) is 0 Å². The Balaban J connectivity index is 1.46. The highest BCUT2D eigenvalue weighted by atomic mass is 19.4. The number of benzene rings is 2. The molecular formula is C27H25F3N4O. The van der Waals surface area contributed by atoms with Gasteiger partial charge in [0.2, 0.25) is 0 Å². The van der Waals surface area contributed by atoms with Gasteiger partial charge < -0.3 is 5.32 Å². The van der Waals surface area contributed by atoms with E-state index in [1.165, 1.54) is 12.1 Å². The van der Waals surface area contributed by atoms with Crippen LogP contribution >= 0.6 is 0 Å². The summed E-state index contributed by atoms with van der Waals surface area (Å²) in [4.78, 5) is 19.5. The van der Waals surface area contributed by atoms with Crippen molar-refractivity contribution in [3.8, 4) is 6.07 Å². The van der Waals surface area contributed by atoms with Gasteiger partial charge in [-0.3, -0.25) is 14.7 Å². The minimum Gasteiger partial charge on any atom is -0.348 e. The lowest BCUT2D eigenvalue weighted by Gasteiger charge is -2.27. The molecule has 4 rings (SSSR count). The van der Waals surface area contributed by atoms with Gasteiger partial charge in [-0.15, -0.1) is 0 Å². The fourth-order valence-electron chi connectivity index (χ4n) is 4.43. The van der Waals surface area contributed by atoms with Gasteiger partial charge in [0.05, 0.1) is 34.5 Å². The maximum Gasteiger partial charge on any atom is 0.416 e. The average molecular weight is 479 g/mol. The van der Waals surface area contributed by atoms with Crippen molar-refractivity contribution in [3.63, 3.8) is 0 Å². The number of halogens is 3. The number of alkyl halides is 3. The summed E-state index contributed by atoms with van der Waals surface area (Å²) in [5, 5.41) is 11.8. The number of amides is 1. The van der Waals surface area contributed by atoms with E-state index in [1.54, 1.807) is 30.5 Å². The normalized spacial score (nSPS) is 15.6. The number of aromatic nitrogens is 1. The Morgan fingerprint density at radius 2 is 1.80 bits per heavy atom. The SMILES string of the molecule is CC(C)[C@H]1c2ncc(C(=O)NCc3ccc(C#N)cc3)cc2CN1Cc1ccc(C(F)(F)F)cc1. The highest BCUT2D eigenvalue weighted by Gasteiger charge is 2.35. The van der Waals surface area contributed by atoms with Crippen LogP contribution in [-0.2, 0) is 25.8 Å². The van der Waals surface area contributed by atoms with E-state index in [-0.39, 0.29) is 17.9 Å². The van der Waals surface area contributed by atoms with Crippen LogP contribution in [-0.4, -0.2) is 15.8 Å². The van der Waals surface area contributed by atoms with Crippen molar-refractivity contribution in [1.29, 1.82) is 5.26 Å². The highest BCUT2D eigenvalue weighted by Crippen LogP contribution is 2.39. The number of fused-ring (bicyclic) bond motifs is 1. The molecule has 0 unspecified atom stereocenters. The predicted octanol–water partition coefficient (Wildman–Crippen LogP) is 5.61. The van der Waals surface area contributed by atoms with Crippen molar-refractivity contribution in [2.45, 2.75) is 45.7 Å². The molecule has 180 valence electrons. The Kier molecular flexibility index (Phi) is 6.90. The molecule has 1 N–H and O–H groups in total. The molecule has 35 heavy (non-hydrogen) atoms. The number of carbonyl (C=O) groups is 1. The third-order valence-electron chi connectivity index (χ3n) is 6.15. The minimum atomic E-state index is -4.36. The van der Waals surface area contributed by atoms with E-state index in [0.29, 0.717) is 30.8 Å². The lowest BCUT2D eigenvalue weighted by molar-refractivity contribution is -0.137. The topological polar surface area (TPSA) is 69.0 Å². The number of nitrogens with zero attached hydrogens (tertiary/aromatic N) is 3. The molecule has 1 aliphatic rings. The Hall–Kier alpha value is -3.70. The van der Waals surface area contributed by atoms with Crippen molar-refractivity contribution >= 4 is 5.91 Å². The summed E-state index contributed by atoms with van der Waals surface area (Å²) in [7, 11) is 0. The Labute approximate surface area is 202 Å². The summed E-state index contributed by atoms with van der Waals surface area (Å²) in [5.74, 6) is -0.0128. The van der Waals surface area contributed by atoms with Crippen LogP contribution in [0.4, 0.5) is 13.2 Å². The summed E-state index contributed by atoms with van der Waals surface area (Å²) in [6.45, 7) is 5.54. The van der Waals surface area contributed by atoms with Gasteiger partial charge in [-0.05, 0) is 52.9 Å². The lowest BCUT2D eigenvalue weighted by Crippen LogP contribution is -2.25. The summed E-state index contributed by atoms with van der Waals surface area (Å²) < 4.78 is 38.7. The molecule has 2 heterocycles. The number of carbonyl (C=O) groups excluding carboxylic acids is 1. The van der Waals surface area contributed by atoms with Gasteiger partial charge in [0.1, 0.15) is 0 Å². The summed E-state index contributed by atoms with van der Waals surface area (Å²) in [5.41, 5.74) is 3.87. The Bertz CT molecular complexity index is 1250. The van der Waals surface area contributed by atoms with Gasteiger partial charge in [0, 0.05) is 25.8 Å². The number of rotatable bonds is 6. The summed E-state index contributed by atoms with van der Waals surface area (Å²) in [6, 6.07) is 16.2. The largest absolute Gasteiger partial charge is 0.416 e. The third-order valence-corrected chi connectivity index (χ3v) is 6.15. The Morgan fingerprint density at radius 1 is 1.14 bits per heavy atom. The minimum absolute atomic E-state index is 0.00283. The predicted molar refractivity (Wildman–Crippen MR) is 125 cm³/mol. The molecule has 0 fully saturated rings. The fourth-order valence-corrected chi connectivity index (χ4v) is 4.43. The van der Waals surface area contributed by atoms with Crippen LogP contribution in [0.2, 0.25) is 0 Å². The molecule has 2 aromatic carbocycles. The molecule has 1 aliphatic heterocycles. The van der Waals surface area contributed by atoms with Gasteiger partial charge in [-0.2, -0.15) is 18.4 Å². The van der Waals surface area contributed by atoms with E-state index >= 15 is 0 Å². The van der Waals surface area contributed by atoms with Crippen LogP contribution < -0.4 is 5.32 Å². The molecule has 0 saturated heterocycles. The van der Waals surface area contributed by atoms with E-state index in [0.717, 1.165) is 34.5 Å². The molecule has 0 aliphatic carbocycles. The highest BCUT2D eigenvalue weighted by molar-refractivity contribution is 5.94. The number of pyridine rings is 1. The van der Waals surface area contributed by atoms with Crippen LogP contribution in [0, 0.1) is 17.2 Å². The first-order valence-electron chi connectivity index (χ1n) is 11.3. The third kappa shape index (κ3) is 5.52. The zero-order valence-corrected chi connectivity index (χ0v) is 19.4. The zero-order valence-electron chi connectivity index (χ0n) is 19.4. The second-order valence-corrected chi connectivity index (χ2v) is 9.05. The molecule has 0 bridgehead atoms. The fraction of sp³-hybridized carbons (Fsp3) is 0.296. The van der Waals surface area contributed by atoms with Crippen LogP contribution in [0.3, 0.4) is 0 Å². The lowest BCUT2D eigenvalue weighted by atomic mass is 9.99. The second kappa shape index (κ2) is 9.88. The van der Waals surface area contributed by atoms with Gasteiger partial charge in [0.15, 0.2) is 0 Å². The molecule has 1 atom stereocenters.